The fourth-order valence-electron chi connectivity index (χ4n) is 2.32. The van der Waals surface area contributed by atoms with Crippen molar-refractivity contribution in [2.45, 2.75) is 11.8 Å². The van der Waals surface area contributed by atoms with Gasteiger partial charge in [0.15, 0.2) is 5.41 Å². The lowest BCUT2D eigenvalue weighted by atomic mass is 9.76. The zero-order chi connectivity index (χ0) is 13.9. The molecule has 2 aromatic carbocycles. The van der Waals surface area contributed by atoms with Gasteiger partial charge in [-0.15, -0.1) is 13.0 Å². The number of aliphatic carboxylic acids is 1. The molecule has 0 bridgehead atoms. The number of hydrogen-bond donors (Lipinski definition) is 1. The van der Waals surface area contributed by atoms with E-state index in [9.17, 15) is 9.90 Å². The molecule has 0 aliphatic rings. The second-order valence-corrected chi connectivity index (χ2v) is 4.37. The molecule has 0 aliphatic carbocycles. The molecule has 0 saturated carbocycles. The lowest BCUT2D eigenvalue weighted by Crippen LogP contribution is -2.34. The van der Waals surface area contributed by atoms with Crippen LogP contribution in [0.1, 0.15) is 12.0 Å². The van der Waals surface area contributed by atoms with E-state index in [-0.39, 0.29) is 6.42 Å². The molecule has 1 atom stereocenters. The smallest absolute Gasteiger partial charge is 0.326 e. The first kappa shape index (κ1) is 12.9. The summed E-state index contributed by atoms with van der Waals surface area (Å²) < 4.78 is 0. The van der Waals surface area contributed by atoms with Crippen LogP contribution in [-0.2, 0) is 10.2 Å². The molecule has 2 aromatic rings. The Morgan fingerprint density at radius 3 is 2.63 bits per heavy atom. The zero-order valence-corrected chi connectivity index (χ0v) is 10.5. The highest BCUT2D eigenvalue weighted by molar-refractivity contribution is 5.95. The summed E-state index contributed by atoms with van der Waals surface area (Å²) in [5.74, 6) is 1.43. The molecule has 0 spiro atoms. The number of carboxylic acid groups (broad SMARTS) is 1. The predicted molar refractivity (Wildman–Crippen MR) is 76.9 cm³/mol. The SMILES string of the molecule is C#CC(CC=C)(C(=O)O)c1cccc2ccccc12. The second-order valence-electron chi connectivity index (χ2n) is 4.37. The van der Waals surface area contributed by atoms with Gasteiger partial charge in [0.1, 0.15) is 0 Å². The van der Waals surface area contributed by atoms with Crippen molar-refractivity contribution >= 4 is 16.7 Å². The van der Waals surface area contributed by atoms with Crippen LogP contribution < -0.4 is 0 Å². The Bertz CT molecular complexity index is 674. The Labute approximate surface area is 112 Å². The van der Waals surface area contributed by atoms with E-state index in [1.165, 1.54) is 0 Å². The van der Waals surface area contributed by atoms with Gasteiger partial charge in [-0.2, -0.15) is 0 Å². The van der Waals surface area contributed by atoms with Crippen LogP contribution >= 0.6 is 0 Å². The van der Waals surface area contributed by atoms with Crippen LogP contribution in [0.5, 0.6) is 0 Å². The van der Waals surface area contributed by atoms with Gasteiger partial charge < -0.3 is 5.11 Å². The van der Waals surface area contributed by atoms with Gasteiger partial charge in [-0.1, -0.05) is 54.5 Å². The summed E-state index contributed by atoms with van der Waals surface area (Å²) in [4.78, 5) is 11.7. The maximum Gasteiger partial charge on any atom is 0.326 e. The average Bonchev–Trinajstić information content (AvgIpc) is 2.44. The fraction of sp³-hybridized carbons (Fsp3) is 0.118. The number of rotatable bonds is 4. The lowest BCUT2D eigenvalue weighted by Gasteiger charge is -2.24. The highest BCUT2D eigenvalue weighted by Crippen LogP contribution is 2.33. The summed E-state index contributed by atoms with van der Waals surface area (Å²) in [7, 11) is 0. The number of benzene rings is 2. The van der Waals surface area contributed by atoms with Crippen LogP contribution in [0.3, 0.4) is 0 Å². The number of carbonyl (C=O) groups is 1. The second kappa shape index (κ2) is 4.99. The van der Waals surface area contributed by atoms with Crippen molar-refractivity contribution in [1.82, 2.24) is 0 Å². The van der Waals surface area contributed by atoms with Gasteiger partial charge in [0.05, 0.1) is 0 Å². The molecule has 1 N–H and O–H groups in total. The first-order valence-electron chi connectivity index (χ1n) is 5.96. The largest absolute Gasteiger partial charge is 0.480 e. The number of hydrogen-bond acceptors (Lipinski definition) is 1. The fourth-order valence-corrected chi connectivity index (χ4v) is 2.32. The minimum atomic E-state index is -1.36. The molecule has 0 heterocycles. The summed E-state index contributed by atoms with van der Waals surface area (Å²) in [6.07, 6.45) is 7.29. The standard InChI is InChI=1S/C17H14O2/c1-3-12-17(4-2,16(18)19)15-11-7-9-13-8-5-6-10-14(13)15/h2-3,5-11H,1,12H2,(H,18,19). The van der Waals surface area contributed by atoms with Crippen LogP contribution in [0.15, 0.2) is 55.1 Å². The van der Waals surface area contributed by atoms with Crippen LogP contribution in [-0.4, -0.2) is 11.1 Å². The Morgan fingerprint density at radius 2 is 2.00 bits per heavy atom. The van der Waals surface area contributed by atoms with E-state index < -0.39 is 11.4 Å². The molecule has 2 rings (SSSR count). The monoisotopic (exact) mass is 250 g/mol. The molecular formula is C17H14O2. The summed E-state index contributed by atoms with van der Waals surface area (Å²) in [5.41, 5.74) is -0.719. The maximum absolute atomic E-state index is 11.7. The first-order valence-corrected chi connectivity index (χ1v) is 5.96. The average molecular weight is 250 g/mol. The Kier molecular flexibility index (Phi) is 3.39. The van der Waals surface area contributed by atoms with Crippen LogP contribution in [0.4, 0.5) is 0 Å². The molecule has 1 unspecified atom stereocenters. The van der Waals surface area contributed by atoms with E-state index >= 15 is 0 Å². The summed E-state index contributed by atoms with van der Waals surface area (Å²) >= 11 is 0. The number of fused-ring (bicyclic) bond motifs is 1. The van der Waals surface area contributed by atoms with Crippen molar-refractivity contribution in [2.24, 2.45) is 0 Å². The zero-order valence-electron chi connectivity index (χ0n) is 10.5. The van der Waals surface area contributed by atoms with Crippen LogP contribution in [0.25, 0.3) is 10.8 Å². The van der Waals surface area contributed by atoms with Crippen molar-refractivity contribution in [1.29, 1.82) is 0 Å². The molecule has 0 aliphatic heterocycles. The summed E-state index contributed by atoms with van der Waals surface area (Å²) in [5, 5.41) is 11.4. The predicted octanol–water partition coefficient (Wildman–Crippen LogP) is 3.37. The quantitative estimate of drug-likeness (QED) is 0.667. The van der Waals surface area contributed by atoms with Crippen molar-refractivity contribution in [3.63, 3.8) is 0 Å². The number of allylic oxidation sites excluding steroid dienone is 1. The molecule has 0 amide bonds. The highest BCUT2D eigenvalue weighted by Gasteiger charge is 2.38. The van der Waals surface area contributed by atoms with E-state index in [1.54, 1.807) is 12.1 Å². The van der Waals surface area contributed by atoms with Crippen LogP contribution in [0, 0.1) is 12.3 Å². The molecule has 0 radical (unpaired) electrons. The van der Waals surface area contributed by atoms with E-state index in [1.807, 2.05) is 36.4 Å². The molecule has 2 heteroatoms. The number of terminal acetylenes is 1. The molecule has 94 valence electrons. The third kappa shape index (κ3) is 2.00. The summed E-state index contributed by atoms with van der Waals surface area (Å²) in [6.45, 7) is 3.62. The molecule has 19 heavy (non-hydrogen) atoms. The van der Waals surface area contributed by atoms with Crippen molar-refractivity contribution in [3.05, 3.63) is 60.7 Å². The van der Waals surface area contributed by atoms with Gasteiger partial charge in [0.25, 0.3) is 0 Å². The maximum atomic E-state index is 11.7. The lowest BCUT2D eigenvalue weighted by molar-refractivity contribution is -0.141. The topological polar surface area (TPSA) is 37.3 Å². The summed E-state index contributed by atoms with van der Waals surface area (Å²) in [6, 6.07) is 13.2. The van der Waals surface area contributed by atoms with Gasteiger partial charge in [-0.05, 0) is 22.8 Å². The molecular weight excluding hydrogens is 236 g/mol. The Morgan fingerprint density at radius 1 is 1.32 bits per heavy atom. The minimum absolute atomic E-state index is 0.201. The highest BCUT2D eigenvalue weighted by atomic mass is 16.4. The Balaban J connectivity index is 2.80. The van der Waals surface area contributed by atoms with Crippen molar-refractivity contribution < 1.29 is 9.90 Å². The third-order valence-electron chi connectivity index (χ3n) is 3.31. The molecule has 0 aromatic heterocycles. The van der Waals surface area contributed by atoms with Gasteiger partial charge in [-0.3, -0.25) is 4.79 Å². The Hall–Kier alpha value is -2.53. The molecule has 0 saturated heterocycles. The van der Waals surface area contributed by atoms with Gasteiger partial charge >= 0.3 is 5.97 Å². The van der Waals surface area contributed by atoms with E-state index in [0.717, 1.165) is 10.8 Å². The normalized spacial score (nSPS) is 13.4. The van der Waals surface area contributed by atoms with Crippen molar-refractivity contribution in [2.75, 3.05) is 0 Å². The molecule has 2 nitrogen and oxygen atoms in total. The van der Waals surface area contributed by atoms with E-state index in [0.29, 0.717) is 5.56 Å². The van der Waals surface area contributed by atoms with E-state index in [4.69, 9.17) is 6.42 Å². The van der Waals surface area contributed by atoms with Gasteiger partial charge in [-0.25, -0.2) is 0 Å². The molecule has 0 fully saturated rings. The van der Waals surface area contributed by atoms with E-state index in [2.05, 4.69) is 12.5 Å². The van der Waals surface area contributed by atoms with Gasteiger partial charge in [0, 0.05) is 0 Å². The van der Waals surface area contributed by atoms with Gasteiger partial charge in [0.2, 0.25) is 0 Å². The third-order valence-corrected chi connectivity index (χ3v) is 3.31. The van der Waals surface area contributed by atoms with Crippen LogP contribution in [0.2, 0.25) is 0 Å². The number of carboxylic acids is 1. The van der Waals surface area contributed by atoms with Crippen molar-refractivity contribution in [3.8, 4) is 12.3 Å². The minimum Gasteiger partial charge on any atom is -0.480 e. The first-order chi connectivity index (χ1) is 9.15.